The van der Waals surface area contributed by atoms with E-state index in [0.717, 1.165) is 21.8 Å². The van der Waals surface area contributed by atoms with Crippen molar-refractivity contribution < 1.29 is 10.8 Å². The molecule has 2 heterocycles. The molecular weight excluding hydrogens is 467 g/mol. The molecule has 0 bridgehead atoms. The summed E-state index contributed by atoms with van der Waals surface area (Å²) in [6, 6.07) is 16.0. The van der Waals surface area contributed by atoms with Gasteiger partial charge in [-0.2, -0.15) is 10.2 Å². The number of rotatable bonds is 0. The number of nitrogens with one attached hydrogen (secondary N) is 2. The van der Waals surface area contributed by atoms with Crippen LogP contribution in [0.15, 0.2) is 60.9 Å². The van der Waals surface area contributed by atoms with Crippen LogP contribution >= 0.6 is 38.8 Å². The van der Waals surface area contributed by atoms with Crippen LogP contribution < -0.4 is 0 Å². The smallest absolute Gasteiger partial charge is 0.0650 e. The molecule has 0 aliphatic rings. The second-order valence-corrected chi connectivity index (χ2v) is 20.1. The molecule has 4 rings (SSSR count). The van der Waals surface area contributed by atoms with E-state index in [-0.39, 0.29) is 0 Å². The first kappa shape index (κ1) is 18.5. The summed E-state index contributed by atoms with van der Waals surface area (Å²) >= 11 is 0. The van der Waals surface area contributed by atoms with Gasteiger partial charge in [0.1, 0.15) is 0 Å². The molecule has 0 saturated carbocycles. The van der Waals surface area contributed by atoms with Crippen molar-refractivity contribution in [3.05, 3.63) is 60.9 Å². The molecule has 0 saturated heterocycles. The summed E-state index contributed by atoms with van der Waals surface area (Å²) in [6.45, 7) is 0. The zero-order valence-electron chi connectivity index (χ0n) is 11.5. The Balaban J connectivity index is 0.000000132. The van der Waals surface area contributed by atoms with Gasteiger partial charge in [-0.25, -0.2) is 0 Å². The number of fused-ring (bicyclic) bond motifs is 2. The van der Waals surface area contributed by atoms with Gasteiger partial charge in [0.2, 0.25) is 0 Å². The van der Waals surface area contributed by atoms with Gasteiger partial charge in [-0.3, -0.25) is 10.2 Å². The van der Waals surface area contributed by atoms with Crippen LogP contribution in [-0.4, -0.2) is 20.4 Å². The molecule has 0 unspecified atom stereocenters. The van der Waals surface area contributed by atoms with Crippen LogP contribution in [0.25, 0.3) is 21.8 Å². The third-order valence-electron chi connectivity index (χ3n) is 2.70. The summed E-state index contributed by atoms with van der Waals surface area (Å²) in [5, 5.41) is 15.8. The van der Waals surface area contributed by atoms with Crippen molar-refractivity contribution in [3.63, 3.8) is 0 Å². The predicted molar refractivity (Wildman–Crippen MR) is 95.6 cm³/mol. The number of H-pyrrole nitrogens is 2. The quantitative estimate of drug-likeness (QED) is 0.310. The van der Waals surface area contributed by atoms with E-state index in [1.165, 1.54) is 0 Å². The van der Waals surface area contributed by atoms with Crippen LogP contribution in [0, 0.1) is 0 Å². The Kier molecular flexibility index (Phi) is 7.13. The first-order chi connectivity index (χ1) is 10.9. The van der Waals surface area contributed by atoms with E-state index < -0.39 is 10.8 Å². The first-order valence-corrected chi connectivity index (χ1v) is 15.2. The molecule has 23 heavy (non-hydrogen) atoms. The van der Waals surface area contributed by atoms with E-state index in [1.807, 2.05) is 60.9 Å². The molecule has 2 N–H and O–H groups in total. The van der Waals surface area contributed by atoms with Gasteiger partial charge < -0.3 is 0 Å². The zero-order valence-corrected chi connectivity index (χ0v) is 16.3. The average molecular weight is 479 g/mol. The summed E-state index contributed by atoms with van der Waals surface area (Å²) < 4.78 is 0. The van der Waals surface area contributed by atoms with Crippen molar-refractivity contribution >= 4 is 60.6 Å². The maximum absolute atomic E-state index is 5.00. The Bertz CT molecular complexity index is 724. The van der Waals surface area contributed by atoms with E-state index in [1.54, 1.807) is 0 Å². The number of para-hydroxylation sites is 2. The third-order valence-corrected chi connectivity index (χ3v) is 2.70. The number of hydrogen-bond acceptors (Lipinski definition) is 2. The fraction of sp³-hybridized carbons (Fsp3) is 0. The second-order valence-electron chi connectivity index (χ2n) is 4.22. The molecule has 4 aromatic rings. The average Bonchev–Trinajstić information content (AvgIpc) is 3.15. The molecule has 0 radical (unpaired) electrons. The number of aromatic nitrogens is 4. The van der Waals surface area contributed by atoms with Crippen molar-refractivity contribution in [2.75, 3.05) is 0 Å². The minimum absolute atomic E-state index is 1.09. The normalized spacial score (nSPS) is 11.3. The first-order valence-electron chi connectivity index (χ1n) is 6.23. The van der Waals surface area contributed by atoms with Crippen LogP contribution in [0.3, 0.4) is 0 Å². The van der Waals surface area contributed by atoms with E-state index in [2.05, 4.69) is 20.4 Å². The van der Waals surface area contributed by atoms with Crippen LogP contribution in [0.4, 0.5) is 0 Å². The molecular formula is C14H12Cl4N4Ru. The Morgan fingerprint density at radius 2 is 1.00 bits per heavy atom. The van der Waals surface area contributed by atoms with E-state index in [9.17, 15) is 0 Å². The van der Waals surface area contributed by atoms with Crippen molar-refractivity contribution in [1.29, 1.82) is 0 Å². The summed E-state index contributed by atoms with van der Waals surface area (Å²) in [5.74, 6) is 0. The third kappa shape index (κ3) is 7.07. The minimum atomic E-state index is -2.97. The maximum atomic E-state index is 5.00. The second kappa shape index (κ2) is 8.86. The molecule has 0 amide bonds. The summed E-state index contributed by atoms with van der Waals surface area (Å²) in [6.07, 6.45) is 3.63. The SMILES string of the molecule is [Cl][Ru]([Cl])([Cl])[Cl].c1ccc2[nH]ncc2c1.c1ccc2[nH]ncc2c1. The van der Waals surface area contributed by atoms with Gasteiger partial charge in [0.05, 0.1) is 23.4 Å². The van der Waals surface area contributed by atoms with Crippen LogP contribution in [-0.2, 0) is 10.8 Å². The molecule has 0 aliphatic carbocycles. The van der Waals surface area contributed by atoms with Crippen LogP contribution in [0.5, 0.6) is 0 Å². The van der Waals surface area contributed by atoms with Gasteiger partial charge in [-0.05, 0) is 12.1 Å². The summed E-state index contributed by atoms with van der Waals surface area (Å²) in [7, 11) is 17.0. The predicted octanol–water partition coefficient (Wildman–Crippen LogP) is 5.88. The van der Waals surface area contributed by atoms with Gasteiger partial charge in [0, 0.05) is 10.8 Å². The molecule has 0 fully saturated rings. The molecule has 4 nitrogen and oxygen atoms in total. The minimum Gasteiger partial charge on any atom is -0.278 e. The topological polar surface area (TPSA) is 57.4 Å². The molecule has 0 spiro atoms. The maximum Gasteiger partial charge on any atom is 0.0650 e. The Labute approximate surface area is 152 Å². The molecule has 0 aliphatic heterocycles. The summed E-state index contributed by atoms with van der Waals surface area (Å²) in [4.78, 5) is 0. The Morgan fingerprint density at radius 3 is 1.35 bits per heavy atom. The molecule has 2 aromatic carbocycles. The monoisotopic (exact) mass is 478 g/mol. The standard InChI is InChI=1S/2C7H6N2.4ClH.Ru/c2*1-2-4-7-6(3-1)5-8-9-7;;;;;/h2*1-5H,(H,8,9);4*1H;/q;;;;;;+4/p-4. The van der Waals surface area contributed by atoms with E-state index in [0.29, 0.717) is 0 Å². The van der Waals surface area contributed by atoms with Gasteiger partial charge in [0.25, 0.3) is 0 Å². The molecule has 0 atom stereocenters. The fourth-order valence-electron chi connectivity index (χ4n) is 1.77. The number of hydrogen-bond donors (Lipinski definition) is 2. The van der Waals surface area contributed by atoms with Crippen molar-refractivity contribution in [2.24, 2.45) is 0 Å². The van der Waals surface area contributed by atoms with Gasteiger partial charge in [0.15, 0.2) is 0 Å². The zero-order chi connectivity index (χ0) is 16.7. The van der Waals surface area contributed by atoms with Crippen LogP contribution in [0.1, 0.15) is 0 Å². The van der Waals surface area contributed by atoms with Gasteiger partial charge in [-0.15, -0.1) is 0 Å². The largest absolute Gasteiger partial charge is 0.278 e. The molecule has 2 aromatic heterocycles. The number of aromatic amines is 2. The number of halogens is 4. The van der Waals surface area contributed by atoms with Crippen molar-refractivity contribution in [3.8, 4) is 0 Å². The number of benzene rings is 2. The Hall–Kier alpha value is -0.837. The van der Waals surface area contributed by atoms with E-state index in [4.69, 9.17) is 38.8 Å². The van der Waals surface area contributed by atoms with Gasteiger partial charge >= 0.3 is 49.6 Å². The fourth-order valence-corrected chi connectivity index (χ4v) is 1.77. The van der Waals surface area contributed by atoms with Crippen molar-refractivity contribution in [1.82, 2.24) is 20.4 Å². The summed E-state index contributed by atoms with van der Waals surface area (Å²) in [5.41, 5.74) is 2.19. The van der Waals surface area contributed by atoms with Crippen LogP contribution in [0.2, 0.25) is 0 Å². The molecule has 124 valence electrons. The van der Waals surface area contributed by atoms with Gasteiger partial charge in [-0.1, -0.05) is 36.4 Å². The van der Waals surface area contributed by atoms with Crippen molar-refractivity contribution in [2.45, 2.75) is 0 Å². The van der Waals surface area contributed by atoms with E-state index >= 15 is 0 Å². The molecule has 9 heteroatoms. The number of nitrogens with zero attached hydrogens (tertiary/aromatic N) is 2. The Morgan fingerprint density at radius 1 is 0.652 bits per heavy atom.